The van der Waals surface area contributed by atoms with Gasteiger partial charge in [-0.25, -0.2) is 13.6 Å². The van der Waals surface area contributed by atoms with Crippen molar-refractivity contribution in [3.63, 3.8) is 0 Å². The summed E-state index contributed by atoms with van der Waals surface area (Å²) in [6, 6.07) is 1.17. The van der Waals surface area contributed by atoms with Crippen LogP contribution in [0.5, 0.6) is 0 Å². The number of nitrogens with zero attached hydrogens (tertiary/aromatic N) is 5. The number of carboxylic acid groups (broad SMARTS) is 1. The number of hydrogen-bond donors (Lipinski definition) is 1. The highest BCUT2D eigenvalue weighted by molar-refractivity contribution is 5.97. The summed E-state index contributed by atoms with van der Waals surface area (Å²) in [7, 11) is 0. The van der Waals surface area contributed by atoms with E-state index in [1.54, 1.807) is 11.8 Å². The average Bonchev–Trinajstić information content (AvgIpc) is 3.12. The maximum absolute atomic E-state index is 14.8. The molecule has 2 fully saturated rings. The monoisotopic (exact) mass is 537 g/mol. The number of morpholine rings is 1. The van der Waals surface area contributed by atoms with Crippen molar-refractivity contribution in [1.29, 1.82) is 0 Å². The van der Waals surface area contributed by atoms with Gasteiger partial charge in [0.25, 0.3) is 5.92 Å². The van der Waals surface area contributed by atoms with Crippen LogP contribution in [0.3, 0.4) is 0 Å². The Kier molecular flexibility index (Phi) is 8.30. The quantitative estimate of drug-likeness (QED) is 0.571. The molecule has 0 bridgehead atoms. The number of anilines is 1. The Morgan fingerprint density at radius 2 is 1.95 bits per heavy atom. The number of carbonyl (C=O) groups excluding carboxylic acids is 1. The maximum atomic E-state index is 14.8. The standard InChI is InChI=1S/C27H41F2N5O4/c1-6-7-27(28,29)20-10-22-24(30-11-20)26(4,5)17-34(22)23(35)15-32-12-18(2)33(25(36)37)14-21(32)13-31-8-9-38-16-19(31)3/h10-11,18-19,21H,6-9,12-17H2,1-5H3,(H,36,37)/t18-,19-,21+/m1/s1. The highest BCUT2D eigenvalue weighted by atomic mass is 19.3. The van der Waals surface area contributed by atoms with Crippen LogP contribution in [0.15, 0.2) is 12.3 Å². The van der Waals surface area contributed by atoms with E-state index in [0.29, 0.717) is 57.2 Å². The van der Waals surface area contributed by atoms with Crippen molar-refractivity contribution in [3.8, 4) is 0 Å². The van der Waals surface area contributed by atoms with Gasteiger partial charge in [-0.1, -0.05) is 27.2 Å². The van der Waals surface area contributed by atoms with Gasteiger partial charge in [-0.3, -0.25) is 19.6 Å². The highest BCUT2D eigenvalue weighted by Gasteiger charge is 2.43. The first kappa shape index (κ1) is 28.6. The van der Waals surface area contributed by atoms with Gasteiger partial charge in [0, 0.05) is 74.4 Å². The molecule has 3 atom stereocenters. The molecule has 4 heterocycles. The Morgan fingerprint density at radius 3 is 2.61 bits per heavy atom. The van der Waals surface area contributed by atoms with Gasteiger partial charge in [0.2, 0.25) is 5.91 Å². The Hall–Kier alpha value is -2.37. The molecule has 4 rings (SSSR count). The van der Waals surface area contributed by atoms with Gasteiger partial charge in [0.15, 0.2) is 0 Å². The number of pyridine rings is 1. The average molecular weight is 538 g/mol. The smallest absolute Gasteiger partial charge is 0.407 e. The van der Waals surface area contributed by atoms with Gasteiger partial charge in [0.1, 0.15) is 0 Å². The molecule has 9 nitrogen and oxygen atoms in total. The molecule has 0 aromatic carbocycles. The molecular formula is C27H41F2N5O4. The summed E-state index contributed by atoms with van der Waals surface area (Å²) in [5.74, 6) is -3.20. The maximum Gasteiger partial charge on any atom is 0.407 e. The lowest BCUT2D eigenvalue weighted by Gasteiger charge is -2.47. The molecule has 38 heavy (non-hydrogen) atoms. The van der Waals surface area contributed by atoms with E-state index in [0.717, 1.165) is 6.54 Å². The number of rotatable bonds is 7. The first-order valence-electron chi connectivity index (χ1n) is 13.6. The number of alkyl halides is 2. The lowest BCUT2D eigenvalue weighted by atomic mass is 9.91. The van der Waals surface area contributed by atoms with Crippen LogP contribution in [0.25, 0.3) is 0 Å². The number of hydrogen-bond acceptors (Lipinski definition) is 6. The summed E-state index contributed by atoms with van der Waals surface area (Å²) in [5.41, 5.74) is 0.451. The van der Waals surface area contributed by atoms with Crippen LogP contribution in [0.2, 0.25) is 0 Å². The van der Waals surface area contributed by atoms with Gasteiger partial charge in [-0.05, 0) is 19.9 Å². The number of aromatic nitrogens is 1. The molecule has 0 spiro atoms. The van der Waals surface area contributed by atoms with Crippen LogP contribution in [-0.2, 0) is 20.9 Å². The molecule has 0 saturated carbocycles. The number of halogens is 2. The first-order valence-corrected chi connectivity index (χ1v) is 13.6. The molecule has 2 saturated heterocycles. The fourth-order valence-electron chi connectivity index (χ4n) is 5.92. The van der Waals surface area contributed by atoms with E-state index in [4.69, 9.17) is 4.74 Å². The number of carbonyl (C=O) groups is 2. The zero-order chi connectivity index (χ0) is 27.8. The Morgan fingerprint density at radius 1 is 1.21 bits per heavy atom. The van der Waals surface area contributed by atoms with Crippen LogP contribution in [-0.4, -0.2) is 107 Å². The third-order valence-electron chi connectivity index (χ3n) is 8.13. The predicted molar refractivity (Wildman–Crippen MR) is 140 cm³/mol. The molecular weight excluding hydrogens is 496 g/mol. The second-order valence-electron chi connectivity index (χ2n) is 11.7. The zero-order valence-electron chi connectivity index (χ0n) is 23.1. The summed E-state index contributed by atoms with van der Waals surface area (Å²) in [4.78, 5) is 37.5. The summed E-state index contributed by atoms with van der Waals surface area (Å²) >= 11 is 0. The molecule has 0 unspecified atom stereocenters. The van der Waals surface area contributed by atoms with E-state index in [9.17, 15) is 23.5 Å². The van der Waals surface area contributed by atoms with E-state index >= 15 is 0 Å². The molecule has 2 amide bonds. The van der Waals surface area contributed by atoms with E-state index in [1.165, 1.54) is 17.2 Å². The van der Waals surface area contributed by atoms with Gasteiger partial charge in [-0.2, -0.15) is 0 Å². The minimum Gasteiger partial charge on any atom is -0.465 e. The Balaban J connectivity index is 1.57. The largest absolute Gasteiger partial charge is 0.465 e. The molecule has 212 valence electrons. The third-order valence-corrected chi connectivity index (χ3v) is 8.13. The van der Waals surface area contributed by atoms with Crippen molar-refractivity contribution in [2.75, 3.05) is 57.4 Å². The summed E-state index contributed by atoms with van der Waals surface area (Å²) in [5, 5.41) is 9.75. The summed E-state index contributed by atoms with van der Waals surface area (Å²) in [6.45, 7) is 13.3. The second-order valence-corrected chi connectivity index (χ2v) is 11.7. The molecule has 1 aromatic rings. The third kappa shape index (κ3) is 5.79. The van der Waals surface area contributed by atoms with Crippen molar-refractivity contribution >= 4 is 17.7 Å². The number of piperazine rings is 1. The minimum atomic E-state index is -3.01. The van der Waals surface area contributed by atoms with Crippen LogP contribution >= 0.6 is 0 Å². The molecule has 1 N–H and O–H groups in total. The molecule has 0 radical (unpaired) electrons. The van der Waals surface area contributed by atoms with Crippen LogP contribution in [0.4, 0.5) is 19.3 Å². The van der Waals surface area contributed by atoms with Crippen molar-refractivity contribution in [1.82, 2.24) is 19.7 Å². The number of ether oxygens (including phenoxy) is 1. The first-order chi connectivity index (χ1) is 17.8. The molecule has 11 heteroatoms. The summed E-state index contributed by atoms with van der Waals surface area (Å²) < 4.78 is 35.1. The lowest BCUT2D eigenvalue weighted by Crippen LogP contribution is -2.64. The normalized spacial score (nSPS) is 26.4. The van der Waals surface area contributed by atoms with Crippen molar-refractivity contribution < 1.29 is 28.2 Å². The van der Waals surface area contributed by atoms with E-state index in [1.807, 2.05) is 20.8 Å². The highest BCUT2D eigenvalue weighted by Crippen LogP contribution is 2.42. The van der Waals surface area contributed by atoms with E-state index in [-0.39, 0.29) is 42.6 Å². The second kappa shape index (κ2) is 11.0. The van der Waals surface area contributed by atoms with Gasteiger partial charge >= 0.3 is 6.09 Å². The molecule has 1 aromatic heterocycles. The predicted octanol–water partition coefficient (Wildman–Crippen LogP) is 3.37. The Labute approximate surface area is 223 Å². The SMILES string of the molecule is CCCC(F)(F)c1cnc2c(c1)N(C(=O)CN1C[C@@H](C)N(C(=O)O)C[C@@H]1CN1CCOC[C@H]1C)CC2(C)C. The fraction of sp³-hybridized carbons (Fsp3) is 0.741. The van der Waals surface area contributed by atoms with Crippen molar-refractivity contribution in [2.45, 2.75) is 76.9 Å². The van der Waals surface area contributed by atoms with Crippen LogP contribution in [0, 0.1) is 0 Å². The lowest BCUT2D eigenvalue weighted by molar-refractivity contribution is -0.121. The summed E-state index contributed by atoms with van der Waals surface area (Å²) in [6.07, 6.45) is 0.335. The van der Waals surface area contributed by atoms with E-state index < -0.39 is 17.4 Å². The zero-order valence-corrected chi connectivity index (χ0v) is 23.1. The number of amides is 2. The number of fused-ring (bicyclic) bond motifs is 1. The molecule has 3 aliphatic heterocycles. The van der Waals surface area contributed by atoms with Gasteiger partial charge in [0.05, 0.1) is 31.1 Å². The van der Waals surface area contributed by atoms with E-state index in [2.05, 4.69) is 21.7 Å². The molecule has 0 aliphatic carbocycles. The van der Waals surface area contributed by atoms with Crippen LogP contribution < -0.4 is 4.90 Å². The van der Waals surface area contributed by atoms with Crippen molar-refractivity contribution in [2.24, 2.45) is 0 Å². The fourth-order valence-corrected chi connectivity index (χ4v) is 5.92. The minimum absolute atomic E-state index is 0.0757. The van der Waals surface area contributed by atoms with Crippen molar-refractivity contribution in [3.05, 3.63) is 23.5 Å². The Bertz CT molecular complexity index is 1040. The van der Waals surface area contributed by atoms with Gasteiger partial charge in [-0.15, -0.1) is 0 Å². The topological polar surface area (TPSA) is 89.5 Å². The molecule has 3 aliphatic rings. The van der Waals surface area contributed by atoms with Crippen LogP contribution in [0.1, 0.15) is 58.7 Å². The van der Waals surface area contributed by atoms with Gasteiger partial charge < -0.3 is 19.6 Å².